The molecule has 0 spiro atoms. The van der Waals surface area contributed by atoms with E-state index in [0.717, 1.165) is 16.9 Å². The van der Waals surface area contributed by atoms with Gasteiger partial charge >= 0.3 is 0 Å². The van der Waals surface area contributed by atoms with Crippen molar-refractivity contribution >= 4 is 5.91 Å². The highest BCUT2D eigenvalue weighted by Gasteiger charge is 2.13. The molecule has 2 aromatic carbocycles. The summed E-state index contributed by atoms with van der Waals surface area (Å²) in [5, 5.41) is 3.04. The van der Waals surface area contributed by atoms with E-state index in [-0.39, 0.29) is 11.9 Å². The summed E-state index contributed by atoms with van der Waals surface area (Å²) in [6.45, 7) is 8.10. The molecule has 2 aromatic rings. The lowest BCUT2D eigenvalue weighted by molar-refractivity contribution is 0.0939. The van der Waals surface area contributed by atoms with Gasteiger partial charge in [-0.1, -0.05) is 18.2 Å². The molecule has 3 nitrogen and oxygen atoms in total. The number of aryl methyl sites for hydroxylation is 3. The van der Waals surface area contributed by atoms with Crippen molar-refractivity contribution in [3.63, 3.8) is 0 Å². The summed E-state index contributed by atoms with van der Waals surface area (Å²) in [4.78, 5) is 12.4. The van der Waals surface area contributed by atoms with Crippen LogP contribution in [0.5, 0.6) is 5.75 Å². The highest BCUT2D eigenvalue weighted by atomic mass is 16.5. The minimum Gasteiger partial charge on any atom is -0.496 e. The normalized spacial score (nSPS) is 11.9. The van der Waals surface area contributed by atoms with Gasteiger partial charge in [-0.25, -0.2) is 0 Å². The number of amides is 1. The number of methoxy groups -OCH3 is 1. The first-order chi connectivity index (χ1) is 10.4. The summed E-state index contributed by atoms with van der Waals surface area (Å²) in [7, 11) is 1.63. The molecule has 0 heterocycles. The number of ether oxygens (including phenoxy) is 1. The lowest BCUT2D eigenvalue weighted by Gasteiger charge is -2.16. The zero-order valence-electron chi connectivity index (χ0n) is 13.9. The Morgan fingerprint density at radius 3 is 2.32 bits per heavy atom. The summed E-state index contributed by atoms with van der Waals surface area (Å²) in [5.41, 5.74) is 5.21. The summed E-state index contributed by atoms with van der Waals surface area (Å²) < 4.78 is 5.22. The molecular formula is C19H23NO2. The topological polar surface area (TPSA) is 38.3 Å². The Balaban J connectivity index is 2.13. The second-order valence-corrected chi connectivity index (χ2v) is 5.72. The van der Waals surface area contributed by atoms with E-state index in [2.05, 4.69) is 37.4 Å². The molecule has 0 fully saturated rings. The molecule has 3 heteroatoms. The number of carbonyl (C=O) groups excluding carboxylic acids is 1. The second kappa shape index (κ2) is 6.65. The van der Waals surface area contributed by atoms with Gasteiger partial charge in [0.05, 0.1) is 13.2 Å². The van der Waals surface area contributed by atoms with Gasteiger partial charge in [-0.3, -0.25) is 4.79 Å². The van der Waals surface area contributed by atoms with Crippen molar-refractivity contribution in [2.45, 2.75) is 33.7 Å². The Labute approximate surface area is 132 Å². The van der Waals surface area contributed by atoms with Gasteiger partial charge in [0.2, 0.25) is 0 Å². The van der Waals surface area contributed by atoms with Crippen molar-refractivity contribution in [2.75, 3.05) is 7.11 Å². The first kappa shape index (κ1) is 16.1. The minimum atomic E-state index is -0.0727. The highest BCUT2D eigenvalue weighted by Crippen LogP contribution is 2.20. The Morgan fingerprint density at radius 2 is 1.73 bits per heavy atom. The molecule has 22 heavy (non-hydrogen) atoms. The average molecular weight is 297 g/mol. The quantitative estimate of drug-likeness (QED) is 0.922. The van der Waals surface area contributed by atoms with Gasteiger partial charge in [-0.2, -0.15) is 0 Å². The number of carbonyl (C=O) groups is 1. The number of hydrogen-bond donors (Lipinski definition) is 1. The third-order valence-corrected chi connectivity index (χ3v) is 4.04. The van der Waals surface area contributed by atoms with Crippen molar-refractivity contribution in [2.24, 2.45) is 0 Å². The Morgan fingerprint density at radius 1 is 1.00 bits per heavy atom. The van der Waals surface area contributed by atoms with Crippen LogP contribution in [0.3, 0.4) is 0 Å². The third kappa shape index (κ3) is 3.48. The summed E-state index contributed by atoms with van der Waals surface area (Å²) >= 11 is 0. The monoisotopic (exact) mass is 297 g/mol. The van der Waals surface area contributed by atoms with Gasteiger partial charge in [0.15, 0.2) is 0 Å². The zero-order valence-corrected chi connectivity index (χ0v) is 13.9. The van der Waals surface area contributed by atoms with Gasteiger partial charge in [-0.05, 0) is 68.1 Å². The van der Waals surface area contributed by atoms with Crippen molar-refractivity contribution in [3.8, 4) is 5.75 Å². The predicted octanol–water partition coefficient (Wildman–Crippen LogP) is 4.11. The molecule has 0 unspecified atom stereocenters. The molecule has 0 aliphatic heterocycles. The van der Waals surface area contributed by atoms with Crippen molar-refractivity contribution in [1.29, 1.82) is 0 Å². The maximum Gasteiger partial charge on any atom is 0.251 e. The third-order valence-electron chi connectivity index (χ3n) is 4.04. The van der Waals surface area contributed by atoms with Crippen LogP contribution < -0.4 is 10.1 Å². The molecule has 0 bridgehead atoms. The molecule has 0 aliphatic carbocycles. The van der Waals surface area contributed by atoms with E-state index in [1.165, 1.54) is 11.1 Å². The summed E-state index contributed by atoms with van der Waals surface area (Å²) in [5.74, 6) is 0.718. The number of rotatable bonds is 4. The van der Waals surface area contributed by atoms with E-state index in [0.29, 0.717) is 5.56 Å². The first-order valence-corrected chi connectivity index (χ1v) is 7.45. The fraction of sp³-hybridized carbons (Fsp3) is 0.316. The lowest BCUT2D eigenvalue weighted by atomic mass is 10.0. The molecule has 2 rings (SSSR count). The van der Waals surface area contributed by atoms with Gasteiger partial charge in [-0.15, -0.1) is 0 Å². The molecule has 0 saturated heterocycles. The van der Waals surface area contributed by atoms with Gasteiger partial charge in [0.1, 0.15) is 5.75 Å². The molecule has 0 aliphatic rings. The SMILES string of the molecule is COc1ccc(C(=O)N[C@H](C)c2ccc(C)c(C)c2)cc1C. The van der Waals surface area contributed by atoms with Gasteiger partial charge in [0, 0.05) is 5.56 Å². The van der Waals surface area contributed by atoms with Crippen molar-refractivity contribution in [3.05, 3.63) is 64.2 Å². The van der Waals surface area contributed by atoms with Gasteiger partial charge < -0.3 is 10.1 Å². The van der Waals surface area contributed by atoms with Gasteiger partial charge in [0.25, 0.3) is 5.91 Å². The van der Waals surface area contributed by atoms with Crippen LogP contribution in [0.1, 0.15) is 45.6 Å². The fourth-order valence-corrected chi connectivity index (χ4v) is 2.42. The van der Waals surface area contributed by atoms with Crippen LogP contribution in [0.15, 0.2) is 36.4 Å². The number of nitrogens with one attached hydrogen (secondary N) is 1. The Bertz CT molecular complexity index is 692. The van der Waals surface area contributed by atoms with E-state index in [1.807, 2.05) is 26.0 Å². The van der Waals surface area contributed by atoms with E-state index >= 15 is 0 Å². The second-order valence-electron chi connectivity index (χ2n) is 5.72. The smallest absolute Gasteiger partial charge is 0.251 e. The molecule has 1 N–H and O–H groups in total. The average Bonchev–Trinajstić information content (AvgIpc) is 2.49. The number of benzene rings is 2. The summed E-state index contributed by atoms with van der Waals surface area (Å²) in [6.07, 6.45) is 0. The maximum atomic E-state index is 12.4. The molecule has 1 atom stereocenters. The Kier molecular flexibility index (Phi) is 4.86. The van der Waals surface area contributed by atoms with Crippen LogP contribution in [0, 0.1) is 20.8 Å². The maximum absolute atomic E-state index is 12.4. The van der Waals surface area contributed by atoms with Crippen molar-refractivity contribution < 1.29 is 9.53 Å². The predicted molar refractivity (Wildman–Crippen MR) is 89.5 cm³/mol. The lowest BCUT2D eigenvalue weighted by Crippen LogP contribution is -2.26. The van der Waals surface area contributed by atoms with Crippen LogP contribution in [0.2, 0.25) is 0 Å². The molecule has 1 amide bonds. The zero-order chi connectivity index (χ0) is 16.3. The largest absolute Gasteiger partial charge is 0.496 e. The molecule has 0 saturated carbocycles. The van der Waals surface area contributed by atoms with E-state index in [9.17, 15) is 4.79 Å². The standard InChI is InChI=1S/C19H23NO2/c1-12-6-7-16(10-13(12)2)15(4)20-19(21)17-8-9-18(22-5)14(3)11-17/h6-11,15H,1-5H3,(H,20,21)/t15-/m1/s1. The van der Waals surface area contributed by atoms with Crippen LogP contribution >= 0.6 is 0 Å². The molecule has 116 valence electrons. The fourth-order valence-electron chi connectivity index (χ4n) is 2.42. The summed E-state index contributed by atoms with van der Waals surface area (Å²) in [6, 6.07) is 11.7. The Hall–Kier alpha value is -2.29. The van der Waals surface area contributed by atoms with Crippen molar-refractivity contribution in [1.82, 2.24) is 5.32 Å². The highest BCUT2D eigenvalue weighted by molar-refractivity contribution is 5.94. The van der Waals surface area contributed by atoms with E-state index in [4.69, 9.17) is 4.74 Å². The molecule has 0 radical (unpaired) electrons. The van der Waals surface area contributed by atoms with Crippen LogP contribution in [0.4, 0.5) is 0 Å². The minimum absolute atomic E-state index is 0.0331. The van der Waals surface area contributed by atoms with Crippen LogP contribution in [-0.4, -0.2) is 13.0 Å². The first-order valence-electron chi connectivity index (χ1n) is 7.45. The van der Waals surface area contributed by atoms with E-state index < -0.39 is 0 Å². The molecular weight excluding hydrogens is 274 g/mol. The van der Waals surface area contributed by atoms with Crippen LogP contribution in [0.25, 0.3) is 0 Å². The van der Waals surface area contributed by atoms with E-state index in [1.54, 1.807) is 13.2 Å². The molecule has 0 aromatic heterocycles. The number of hydrogen-bond acceptors (Lipinski definition) is 2. The van der Waals surface area contributed by atoms with Crippen LogP contribution in [-0.2, 0) is 0 Å².